The van der Waals surface area contributed by atoms with Crippen LogP contribution in [0.5, 0.6) is 0 Å². The van der Waals surface area contributed by atoms with Crippen molar-refractivity contribution in [3.63, 3.8) is 0 Å². The van der Waals surface area contributed by atoms with E-state index in [4.69, 9.17) is 9.47 Å². The molecule has 0 spiro atoms. The Labute approximate surface area is 161 Å². The fourth-order valence-corrected chi connectivity index (χ4v) is 3.68. The quantitative estimate of drug-likeness (QED) is 0.438. The molecule has 0 bridgehead atoms. The van der Waals surface area contributed by atoms with Gasteiger partial charge in [0.25, 0.3) is 0 Å². The second kappa shape index (κ2) is 8.34. The highest BCUT2D eigenvalue weighted by atomic mass is 16.5. The summed E-state index contributed by atoms with van der Waals surface area (Å²) in [5.74, 6) is 0. The van der Waals surface area contributed by atoms with Gasteiger partial charge in [0, 0.05) is 0 Å². The highest BCUT2D eigenvalue weighted by Gasteiger charge is 2.38. The third kappa shape index (κ3) is 3.73. The van der Waals surface area contributed by atoms with E-state index in [0.717, 1.165) is 23.1 Å². The molecule has 0 N–H and O–H groups in total. The Balaban J connectivity index is 1.82. The van der Waals surface area contributed by atoms with E-state index in [9.17, 15) is 0 Å². The predicted molar refractivity (Wildman–Crippen MR) is 109 cm³/mol. The van der Waals surface area contributed by atoms with Gasteiger partial charge in [-0.2, -0.15) is 0 Å². The summed E-state index contributed by atoms with van der Waals surface area (Å²) in [5.41, 5.74) is 2.69. The normalized spacial score (nSPS) is 17.0. The van der Waals surface area contributed by atoms with Gasteiger partial charge < -0.3 is 9.47 Å². The summed E-state index contributed by atoms with van der Waals surface area (Å²) in [6, 6.07) is 31.4. The molecule has 136 valence electrons. The number of rotatable bonds is 6. The molecule has 2 heteroatoms. The molecule has 0 radical (unpaired) electrons. The number of benzene rings is 3. The fraction of sp³-hybridized carbons (Fsp3) is 0.200. The van der Waals surface area contributed by atoms with Gasteiger partial charge in [-0.3, -0.25) is 0 Å². The van der Waals surface area contributed by atoms with Crippen molar-refractivity contribution in [3.05, 3.63) is 120 Å². The van der Waals surface area contributed by atoms with Crippen molar-refractivity contribution in [1.29, 1.82) is 0 Å². The lowest BCUT2D eigenvalue weighted by molar-refractivity contribution is -0.0607. The van der Waals surface area contributed by atoms with Crippen LogP contribution >= 0.6 is 0 Å². The highest BCUT2D eigenvalue weighted by molar-refractivity contribution is 5.47. The van der Waals surface area contributed by atoms with Gasteiger partial charge in [-0.1, -0.05) is 103 Å². The van der Waals surface area contributed by atoms with Crippen molar-refractivity contribution < 1.29 is 9.47 Å². The molecule has 0 aliphatic carbocycles. The first-order valence-electron chi connectivity index (χ1n) is 9.47. The van der Waals surface area contributed by atoms with Crippen LogP contribution in [0.15, 0.2) is 103 Å². The number of hydrogen-bond donors (Lipinski definition) is 0. The van der Waals surface area contributed by atoms with Crippen LogP contribution in [0, 0.1) is 0 Å². The molecule has 0 fully saturated rings. The zero-order chi connectivity index (χ0) is 18.4. The zero-order valence-electron chi connectivity index (χ0n) is 15.3. The molecule has 3 aromatic carbocycles. The molecule has 27 heavy (non-hydrogen) atoms. The van der Waals surface area contributed by atoms with Gasteiger partial charge in [0.05, 0.1) is 19.3 Å². The summed E-state index contributed by atoms with van der Waals surface area (Å²) in [4.78, 5) is 0. The molecule has 1 aliphatic heterocycles. The van der Waals surface area contributed by atoms with Gasteiger partial charge in [-0.15, -0.1) is 0 Å². The summed E-state index contributed by atoms with van der Waals surface area (Å²) in [5, 5.41) is 0. The van der Waals surface area contributed by atoms with Crippen LogP contribution in [0.2, 0.25) is 0 Å². The van der Waals surface area contributed by atoms with Crippen LogP contribution in [-0.2, 0) is 15.1 Å². The van der Waals surface area contributed by atoms with Crippen molar-refractivity contribution in [2.75, 3.05) is 13.2 Å². The van der Waals surface area contributed by atoms with Crippen LogP contribution in [-0.4, -0.2) is 19.3 Å². The van der Waals surface area contributed by atoms with E-state index >= 15 is 0 Å². The van der Waals surface area contributed by atoms with Crippen molar-refractivity contribution in [1.82, 2.24) is 0 Å². The Morgan fingerprint density at radius 3 is 1.59 bits per heavy atom. The minimum atomic E-state index is -0.672. The Bertz CT molecular complexity index is 760. The van der Waals surface area contributed by atoms with Gasteiger partial charge in [-0.05, 0) is 23.1 Å². The lowest BCUT2D eigenvalue weighted by atomic mass is 9.80. The van der Waals surface area contributed by atoms with E-state index in [1.807, 2.05) is 18.2 Å². The lowest BCUT2D eigenvalue weighted by Gasteiger charge is -2.37. The van der Waals surface area contributed by atoms with E-state index < -0.39 is 5.60 Å². The molecule has 4 rings (SSSR count). The van der Waals surface area contributed by atoms with Gasteiger partial charge in [0.2, 0.25) is 0 Å². The molecule has 1 atom stereocenters. The summed E-state index contributed by atoms with van der Waals surface area (Å²) < 4.78 is 12.6. The second-order valence-corrected chi connectivity index (χ2v) is 6.75. The van der Waals surface area contributed by atoms with Crippen molar-refractivity contribution in [3.8, 4) is 0 Å². The zero-order valence-corrected chi connectivity index (χ0v) is 15.3. The molecular weight excluding hydrogens is 332 g/mol. The second-order valence-electron chi connectivity index (χ2n) is 6.75. The van der Waals surface area contributed by atoms with E-state index in [-0.39, 0.29) is 6.10 Å². The van der Waals surface area contributed by atoms with Crippen LogP contribution in [0.3, 0.4) is 0 Å². The van der Waals surface area contributed by atoms with Crippen LogP contribution in [0.25, 0.3) is 0 Å². The molecule has 1 heterocycles. The lowest BCUT2D eigenvalue weighted by Crippen LogP contribution is -2.36. The summed E-state index contributed by atoms with van der Waals surface area (Å²) in [6.07, 6.45) is 5.20. The third-order valence-corrected chi connectivity index (χ3v) is 5.02. The Kier molecular flexibility index (Phi) is 5.47. The van der Waals surface area contributed by atoms with E-state index in [2.05, 4.69) is 84.9 Å². The molecule has 1 aliphatic rings. The van der Waals surface area contributed by atoms with E-state index in [0.29, 0.717) is 13.2 Å². The maximum atomic E-state index is 6.77. The topological polar surface area (TPSA) is 18.5 Å². The minimum Gasteiger partial charge on any atom is -0.371 e. The smallest absolute Gasteiger partial charge is 0.143 e. The Morgan fingerprint density at radius 1 is 0.704 bits per heavy atom. The molecule has 0 saturated carbocycles. The average molecular weight is 356 g/mol. The molecule has 2 nitrogen and oxygen atoms in total. The average Bonchev–Trinajstić information content (AvgIpc) is 2.77. The van der Waals surface area contributed by atoms with Crippen LogP contribution in [0.4, 0.5) is 0 Å². The SMILES string of the molecule is C1=CC[C@@H](COC(c2ccccc2)(c2ccccc2)c2ccccc2)OC1. The first-order chi connectivity index (χ1) is 13.4. The minimum absolute atomic E-state index is 0.0745. The molecule has 0 unspecified atom stereocenters. The van der Waals surface area contributed by atoms with E-state index in [1.54, 1.807) is 0 Å². The largest absolute Gasteiger partial charge is 0.371 e. The first kappa shape index (κ1) is 17.7. The van der Waals surface area contributed by atoms with Crippen LogP contribution < -0.4 is 0 Å². The number of ether oxygens (including phenoxy) is 2. The summed E-state index contributed by atoms with van der Waals surface area (Å²) in [7, 11) is 0. The van der Waals surface area contributed by atoms with Gasteiger partial charge in [0.15, 0.2) is 0 Å². The Morgan fingerprint density at radius 2 is 1.19 bits per heavy atom. The molecule has 0 saturated heterocycles. The number of hydrogen-bond acceptors (Lipinski definition) is 2. The van der Waals surface area contributed by atoms with Gasteiger partial charge in [-0.25, -0.2) is 0 Å². The fourth-order valence-electron chi connectivity index (χ4n) is 3.68. The van der Waals surface area contributed by atoms with Crippen LogP contribution in [0.1, 0.15) is 23.1 Å². The van der Waals surface area contributed by atoms with Crippen molar-refractivity contribution >= 4 is 0 Å². The summed E-state index contributed by atoms with van der Waals surface area (Å²) >= 11 is 0. The van der Waals surface area contributed by atoms with Gasteiger partial charge in [0.1, 0.15) is 5.60 Å². The van der Waals surface area contributed by atoms with Crippen molar-refractivity contribution in [2.45, 2.75) is 18.1 Å². The van der Waals surface area contributed by atoms with Gasteiger partial charge >= 0.3 is 0 Å². The molecule has 3 aromatic rings. The standard InChI is InChI=1S/C25H24O2/c1-4-12-21(13-5-1)25(22-14-6-2-7-15-22,23-16-8-3-9-17-23)27-20-24-18-10-11-19-26-24/h1-17,24H,18-20H2/t24-/m0/s1. The molecule has 0 aromatic heterocycles. The summed E-state index contributed by atoms with van der Waals surface area (Å²) in [6.45, 7) is 1.19. The third-order valence-electron chi connectivity index (χ3n) is 5.02. The Hall–Kier alpha value is -2.68. The monoisotopic (exact) mass is 356 g/mol. The maximum Gasteiger partial charge on any atom is 0.143 e. The predicted octanol–water partition coefficient (Wildman–Crippen LogP) is 5.34. The molecular formula is C25H24O2. The van der Waals surface area contributed by atoms with E-state index in [1.165, 1.54) is 0 Å². The highest BCUT2D eigenvalue weighted by Crippen LogP contribution is 2.40. The first-order valence-corrected chi connectivity index (χ1v) is 9.47. The maximum absolute atomic E-state index is 6.77. The molecule has 0 amide bonds. The van der Waals surface area contributed by atoms with Crippen molar-refractivity contribution in [2.24, 2.45) is 0 Å².